The van der Waals surface area contributed by atoms with Crippen molar-refractivity contribution in [1.29, 1.82) is 0 Å². The number of amides is 2. The summed E-state index contributed by atoms with van der Waals surface area (Å²) in [5.74, 6) is -1.14. The number of halogens is 1. The topological polar surface area (TPSA) is 86.8 Å². The van der Waals surface area contributed by atoms with Gasteiger partial charge in [0.05, 0.1) is 11.9 Å². The molecule has 1 atom stereocenters. The van der Waals surface area contributed by atoms with E-state index in [-0.39, 0.29) is 37.7 Å². The highest BCUT2D eigenvalue weighted by atomic mass is 32.2. The molecule has 9 heteroatoms. The maximum absolute atomic E-state index is 14.3. The fraction of sp³-hybridized carbons (Fsp3) is 0.440. The molecule has 0 aliphatic carbocycles. The first-order chi connectivity index (χ1) is 16.0. The molecule has 2 rings (SSSR count). The Labute approximate surface area is 202 Å². The second kappa shape index (κ2) is 12.0. The highest BCUT2D eigenvalue weighted by molar-refractivity contribution is 7.92. The lowest BCUT2D eigenvalue weighted by molar-refractivity contribution is -0.140. The van der Waals surface area contributed by atoms with E-state index < -0.39 is 21.9 Å². The molecule has 0 aliphatic heterocycles. The van der Waals surface area contributed by atoms with Crippen LogP contribution in [0.5, 0.6) is 0 Å². The van der Waals surface area contributed by atoms with E-state index in [0.717, 1.165) is 17.4 Å². The third kappa shape index (κ3) is 7.28. The normalized spacial score (nSPS) is 12.2. The molecular formula is C25H34FN3O4S. The predicted molar refractivity (Wildman–Crippen MR) is 132 cm³/mol. The van der Waals surface area contributed by atoms with Gasteiger partial charge in [-0.3, -0.25) is 13.9 Å². The van der Waals surface area contributed by atoms with Crippen molar-refractivity contribution in [3.63, 3.8) is 0 Å². The van der Waals surface area contributed by atoms with E-state index in [9.17, 15) is 22.4 Å². The summed E-state index contributed by atoms with van der Waals surface area (Å²) < 4.78 is 40.4. The van der Waals surface area contributed by atoms with Gasteiger partial charge in [-0.25, -0.2) is 12.8 Å². The predicted octanol–water partition coefficient (Wildman–Crippen LogP) is 3.54. The van der Waals surface area contributed by atoms with Crippen LogP contribution in [0.3, 0.4) is 0 Å². The molecule has 0 spiro atoms. The van der Waals surface area contributed by atoms with Crippen LogP contribution in [0.1, 0.15) is 43.4 Å². The van der Waals surface area contributed by atoms with E-state index in [0.29, 0.717) is 17.8 Å². The van der Waals surface area contributed by atoms with Crippen molar-refractivity contribution in [2.75, 3.05) is 23.7 Å². The standard InChI is InChI=1S/C25H34FN3O4S/c1-6-27-25(31)20(4)28(17-21-10-7-8-11-23(21)26)24(30)12-9-15-29(34(5,32)33)22-14-13-18(2)19(3)16-22/h7-8,10-11,13-14,16,20H,6,9,12,15,17H2,1-5H3,(H,27,31). The minimum atomic E-state index is -3.56. The largest absolute Gasteiger partial charge is 0.355 e. The van der Waals surface area contributed by atoms with Crippen LogP contribution < -0.4 is 9.62 Å². The Morgan fingerprint density at radius 3 is 2.35 bits per heavy atom. The molecule has 0 bridgehead atoms. The van der Waals surface area contributed by atoms with Crippen molar-refractivity contribution in [3.05, 3.63) is 65.0 Å². The third-order valence-corrected chi connectivity index (χ3v) is 6.94. The molecule has 0 saturated heterocycles. The zero-order valence-electron chi connectivity index (χ0n) is 20.5. The van der Waals surface area contributed by atoms with E-state index in [2.05, 4.69) is 5.32 Å². The molecule has 7 nitrogen and oxygen atoms in total. The van der Waals surface area contributed by atoms with E-state index in [4.69, 9.17) is 0 Å². The second-order valence-electron chi connectivity index (χ2n) is 8.39. The molecule has 0 radical (unpaired) electrons. The SMILES string of the molecule is CCNC(=O)C(C)N(Cc1ccccc1F)C(=O)CCCN(c1ccc(C)c(C)c1)S(C)(=O)=O. The molecule has 0 aromatic heterocycles. The van der Waals surface area contributed by atoms with E-state index in [1.807, 2.05) is 19.9 Å². The summed E-state index contributed by atoms with van der Waals surface area (Å²) in [4.78, 5) is 26.9. The van der Waals surface area contributed by atoms with Gasteiger partial charge >= 0.3 is 0 Å². The smallest absolute Gasteiger partial charge is 0.242 e. The van der Waals surface area contributed by atoms with Crippen LogP contribution in [0.15, 0.2) is 42.5 Å². The van der Waals surface area contributed by atoms with Crippen molar-refractivity contribution < 1.29 is 22.4 Å². The van der Waals surface area contributed by atoms with E-state index in [1.165, 1.54) is 15.3 Å². The van der Waals surface area contributed by atoms with Crippen molar-refractivity contribution in [1.82, 2.24) is 10.2 Å². The lowest BCUT2D eigenvalue weighted by atomic mass is 10.1. The van der Waals surface area contributed by atoms with Gasteiger partial charge in [0.1, 0.15) is 11.9 Å². The maximum Gasteiger partial charge on any atom is 0.242 e. The van der Waals surface area contributed by atoms with Crippen molar-refractivity contribution in [2.24, 2.45) is 0 Å². The van der Waals surface area contributed by atoms with Crippen LogP contribution in [-0.2, 0) is 26.2 Å². The quantitative estimate of drug-likeness (QED) is 0.521. The summed E-state index contributed by atoms with van der Waals surface area (Å²) in [6.07, 6.45) is 1.38. The molecule has 0 aliphatic rings. The molecule has 2 aromatic rings. The fourth-order valence-electron chi connectivity index (χ4n) is 3.60. The number of hydrogen-bond donors (Lipinski definition) is 1. The Balaban J connectivity index is 2.18. The molecule has 0 heterocycles. The summed E-state index contributed by atoms with van der Waals surface area (Å²) in [7, 11) is -3.56. The number of benzene rings is 2. The molecule has 186 valence electrons. The second-order valence-corrected chi connectivity index (χ2v) is 10.3. The molecule has 34 heavy (non-hydrogen) atoms. The number of anilines is 1. The lowest BCUT2D eigenvalue weighted by Crippen LogP contribution is -2.47. The van der Waals surface area contributed by atoms with Gasteiger partial charge in [-0.05, 0) is 63.4 Å². The summed E-state index contributed by atoms with van der Waals surface area (Å²) >= 11 is 0. The van der Waals surface area contributed by atoms with Gasteiger partial charge in [-0.15, -0.1) is 0 Å². The number of hydrogen-bond acceptors (Lipinski definition) is 4. The molecule has 2 amide bonds. The maximum atomic E-state index is 14.3. The Bertz CT molecular complexity index is 1120. The number of rotatable bonds is 11. The van der Waals surface area contributed by atoms with Crippen LogP contribution in [0.2, 0.25) is 0 Å². The van der Waals surface area contributed by atoms with Crippen LogP contribution in [0, 0.1) is 19.7 Å². The first-order valence-electron chi connectivity index (χ1n) is 11.3. The first-order valence-corrected chi connectivity index (χ1v) is 13.2. The average Bonchev–Trinajstić information content (AvgIpc) is 2.77. The van der Waals surface area contributed by atoms with Crippen LogP contribution in [0.25, 0.3) is 0 Å². The molecule has 1 unspecified atom stereocenters. The van der Waals surface area contributed by atoms with Gasteiger partial charge < -0.3 is 10.2 Å². The van der Waals surface area contributed by atoms with Crippen LogP contribution in [0.4, 0.5) is 10.1 Å². The first kappa shape index (κ1) is 27.3. The average molecular weight is 492 g/mol. The number of aryl methyl sites for hydroxylation is 2. The Morgan fingerprint density at radius 1 is 1.09 bits per heavy atom. The summed E-state index contributed by atoms with van der Waals surface area (Å²) in [6, 6.07) is 10.7. The molecule has 0 fully saturated rings. The van der Waals surface area contributed by atoms with Crippen molar-refractivity contribution >= 4 is 27.5 Å². The van der Waals surface area contributed by atoms with Crippen molar-refractivity contribution in [2.45, 2.75) is 53.1 Å². The van der Waals surface area contributed by atoms with Crippen LogP contribution >= 0.6 is 0 Å². The van der Waals surface area contributed by atoms with E-state index >= 15 is 0 Å². The number of carbonyl (C=O) groups is 2. The molecular weight excluding hydrogens is 457 g/mol. The minimum Gasteiger partial charge on any atom is -0.355 e. The number of nitrogens with zero attached hydrogens (tertiary/aromatic N) is 2. The zero-order valence-corrected chi connectivity index (χ0v) is 21.3. The molecule has 0 saturated carbocycles. The monoisotopic (exact) mass is 491 g/mol. The van der Waals surface area contributed by atoms with Gasteiger partial charge in [0, 0.05) is 31.6 Å². The zero-order chi connectivity index (χ0) is 25.5. The van der Waals surface area contributed by atoms with Gasteiger partial charge in [0.2, 0.25) is 21.8 Å². The van der Waals surface area contributed by atoms with Crippen molar-refractivity contribution in [3.8, 4) is 0 Å². The number of carbonyl (C=O) groups excluding carboxylic acids is 2. The minimum absolute atomic E-state index is 0.00899. The summed E-state index contributed by atoms with van der Waals surface area (Å²) in [6.45, 7) is 7.69. The highest BCUT2D eigenvalue weighted by Crippen LogP contribution is 2.22. The molecule has 1 N–H and O–H groups in total. The number of likely N-dealkylation sites (N-methyl/N-ethyl adjacent to an activating group) is 1. The summed E-state index contributed by atoms with van der Waals surface area (Å²) in [5, 5.41) is 2.69. The van der Waals surface area contributed by atoms with Gasteiger partial charge in [-0.1, -0.05) is 24.3 Å². The number of nitrogens with one attached hydrogen (secondary N) is 1. The molecule has 2 aromatic carbocycles. The highest BCUT2D eigenvalue weighted by Gasteiger charge is 2.27. The van der Waals surface area contributed by atoms with Crippen LogP contribution in [-0.4, -0.2) is 50.5 Å². The summed E-state index contributed by atoms with van der Waals surface area (Å²) in [5.41, 5.74) is 2.86. The van der Waals surface area contributed by atoms with Gasteiger partial charge in [0.15, 0.2) is 0 Å². The lowest BCUT2D eigenvalue weighted by Gasteiger charge is -2.29. The number of sulfonamides is 1. The Hall–Kier alpha value is -2.94. The van der Waals surface area contributed by atoms with E-state index in [1.54, 1.807) is 44.2 Å². The van der Waals surface area contributed by atoms with Gasteiger partial charge in [0.25, 0.3) is 0 Å². The fourth-order valence-corrected chi connectivity index (χ4v) is 4.56. The Morgan fingerprint density at radius 2 is 1.76 bits per heavy atom. The Kier molecular flexibility index (Phi) is 9.61. The third-order valence-electron chi connectivity index (χ3n) is 5.75. The van der Waals surface area contributed by atoms with Gasteiger partial charge in [-0.2, -0.15) is 0 Å².